The molecule has 0 bridgehead atoms. The van der Waals surface area contributed by atoms with Crippen LogP contribution in [0.4, 0.5) is 5.69 Å². The molecule has 0 saturated heterocycles. The van der Waals surface area contributed by atoms with Crippen LogP contribution >= 0.6 is 0 Å². The van der Waals surface area contributed by atoms with Crippen molar-refractivity contribution in [3.05, 3.63) is 36.5 Å². The number of nitriles is 1. The molecular formula is C9H6N4O3S. The van der Waals surface area contributed by atoms with E-state index in [1.54, 1.807) is 6.07 Å². The van der Waals surface area contributed by atoms with Gasteiger partial charge >= 0.3 is 0 Å². The largest absolute Gasteiger partial charge is 0.362 e. The van der Waals surface area contributed by atoms with Gasteiger partial charge in [0.1, 0.15) is 28.6 Å². The first-order valence-corrected chi connectivity index (χ1v) is 5.88. The van der Waals surface area contributed by atoms with Crippen molar-refractivity contribution in [2.24, 2.45) is 0 Å². The number of hydrogen-bond donors (Lipinski definition) is 1. The summed E-state index contributed by atoms with van der Waals surface area (Å²) in [5, 5.41) is 11.9. The van der Waals surface area contributed by atoms with Gasteiger partial charge in [-0.1, -0.05) is 5.16 Å². The van der Waals surface area contributed by atoms with Gasteiger partial charge in [0.2, 0.25) is 0 Å². The number of aromatic nitrogens is 2. The minimum Gasteiger partial charge on any atom is -0.362 e. The van der Waals surface area contributed by atoms with Gasteiger partial charge < -0.3 is 4.52 Å². The van der Waals surface area contributed by atoms with E-state index in [1.807, 2.05) is 0 Å². The molecule has 0 fully saturated rings. The summed E-state index contributed by atoms with van der Waals surface area (Å²) < 4.78 is 30.3. The first-order chi connectivity index (χ1) is 8.12. The number of sulfonamides is 1. The summed E-state index contributed by atoms with van der Waals surface area (Å²) in [4.78, 5) is 3.63. The van der Waals surface area contributed by atoms with E-state index in [-0.39, 0.29) is 16.3 Å². The van der Waals surface area contributed by atoms with Crippen molar-refractivity contribution in [1.82, 2.24) is 10.1 Å². The molecule has 0 aromatic carbocycles. The second-order valence-corrected chi connectivity index (χ2v) is 4.69. The molecule has 86 valence electrons. The fraction of sp³-hybridized carbons (Fsp3) is 0. The summed E-state index contributed by atoms with van der Waals surface area (Å²) in [6.45, 7) is 0. The molecule has 0 aliphatic rings. The average molecular weight is 250 g/mol. The maximum absolute atomic E-state index is 11.8. The van der Waals surface area contributed by atoms with Gasteiger partial charge in [0.15, 0.2) is 0 Å². The van der Waals surface area contributed by atoms with Crippen LogP contribution in [-0.4, -0.2) is 18.6 Å². The number of hydrogen-bond acceptors (Lipinski definition) is 6. The van der Waals surface area contributed by atoms with E-state index in [0.29, 0.717) is 0 Å². The molecule has 0 spiro atoms. The first kappa shape index (κ1) is 11.1. The Labute approximate surface area is 96.7 Å². The maximum atomic E-state index is 11.8. The van der Waals surface area contributed by atoms with Crippen molar-refractivity contribution >= 4 is 15.7 Å². The molecule has 0 atom stereocenters. The molecule has 0 radical (unpaired) electrons. The Balaban J connectivity index is 2.29. The Kier molecular flexibility index (Phi) is 2.76. The van der Waals surface area contributed by atoms with Crippen molar-refractivity contribution in [3.8, 4) is 6.07 Å². The van der Waals surface area contributed by atoms with Crippen molar-refractivity contribution in [3.63, 3.8) is 0 Å². The molecule has 2 rings (SSSR count). The molecule has 2 aromatic rings. The van der Waals surface area contributed by atoms with Crippen molar-refractivity contribution in [2.75, 3.05) is 4.72 Å². The molecular weight excluding hydrogens is 244 g/mol. The third kappa shape index (κ3) is 2.40. The van der Waals surface area contributed by atoms with Crippen molar-refractivity contribution < 1.29 is 12.9 Å². The second kappa shape index (κ2) is 4.23. The van der Waals surface area contributed by atoms with Gasteiger partial charge in [-0.05, 0) is 12.1 Å². The number of pyridine rings is 1. The topological polar surface area (TPSA) is 109 Å². The number of anilines is 1. The highest BCUT2D eigenvalue weighted by Crippen LogP contribution is 2.14. The van der Waals surface area contributed by atoms with Crippen molar-refractivity contribution in [1.29, 1.82) is 5.26 Å². The zero-order chi connectivity index (χ0) is 12.3. The standard InChI is InChI=1S/C9H6N4O3S/c10-3-7-1-2-9(5-11-7)17(14,15)13-8-4-12-16-6-8/h1-2,4-6,13H. The molecule has 0 unspecified atom stereocenters. The summed E-state index contributed by atoms with van der Waals surface area (Å²) in [6.07, 6.45) is 3.50. The molecule has 0 saturated carbocycles. The predicted molar refractivity (Wildman–Crippen MR) is 56.3 cm³/mol. The highest BCUT2D eigenvalue weighted by atomic mass is 32.2. The maximum Gasteiger partial charge on any atom is 0.263 e. The molecule has 0 aliphatic heterocycles. The van der Waals surface area contributed by atoms with Gasteiger partial charge in [-0.3, -0.25) is 4.72 Å². The molecule has 7 nitrogen and oxygen atoms in total. The lowest BCUT2D eigenvalue weighted by Gasteiger charge is -2.04. The lowest BCUT2D eigenvalue weighted by atomic mass is 10.4. The fourth-order valence-electron chi connectivity index (χ4n) is 1.07. The van der Waals surface area contributed by atoms with E-state index in [2.05, 4.69) is 19.4 Å². The van der Waals surface area contributed by atoms with Crippen LogP contribution < -0.4 is 4.72 Å². The zero-order valence-electron chi connectivity index (χ0n) is 8.36. The molecule has 8 heteroatoms. The quantitative estimate of drug-likeness (QED) is 0.860. The summed E-state index contributed by atoms with van der Waals surface area (Å²) in [5.74, 6) is 0. The van der Waals surface area contributed by atoms with Crippen LogP contribution in [0.3, 0.4) is 0 Å². The normalized spacial score (nSPS) is 10.8. The molecule has 2 heterocycles. The van der Waals surface area contributed by atoms with Gasteiger partial charge in [0.05, 0.1) is 6.20 Å². The first-order valence-electron chi connectivity index (χ1n) is 4.40. The molecule has 1 N–H and O–H groups in total. The van der Waals surface area contributed by atoms with Crippen LogP contribution in [0.15, 0.2) is 40.2 Å². The SMILES string of the molecule is N#Cc1ccc(S(=O)(=O)Nc2cnoc2)cn1. The highest BCUT2D eigenvalue weighted by molar-refractivity contribution is 7.92. The molecule has 0 amide bonds. The third-order valence-electron chi connectivity index (χ3n) is 1.85. The Morgan fingerprint density at radius 1 is 1.35 bits per heavy atom. The van der Waals surface area contributed by atoms with Crippen molar-refractivity contribution in [2.45, 2.75) is 4.90 Å². The number of rotatable bonds is 3. The van der Waals surface area contributed by atoms with E-state index in [9.17, 15) is 8.42 Å². The zero-order valence-corrected chi connectivity index (χ0v) is 9.18. The number of nitrogens with one attached hydrogen (secondary N) is 1. The predicted octanol–water partition coefficient (Wildman–Crippen LogP) is 0.742. The van der Waals surface area contributed by atoms with E-state index < -0.39 is 10.0 Å². The van der Waals surface area contributed by atoms with E-state index in [1.165, 1.54) is 18.3 Å². The lowest BCUT2D eigenvalue weighted by Crippen LogP contribution is -2.12. The smallest absolute Gasteiger partial charge is 0.263 e. The van der Waals surface area contributed by atoms with Crippen LogP contribution in [0.1, 0.15) is 5.69 Å². The fourth-order valence-corrected chi connectivity index (χ4v) is 2.04. The second-order valence-electron chi connectivity index (χ2n) is 3.01. The minimum atomic E-state index is -3.73. The monoisotopic (exact) mass is 250 g/mol. The van der Waals surface area contributed by atoms with Crippen LogP contribution in [0, 0.1) is 11.3 Å². The Morgan fingerprint density at radius 2 is 2.18 bits per heavy atom. The number of nitrogens with zero attached hydrogens (tertiary/aromatic N) is 3. The van der Waals surface area contributed by atoms with E-state index >= 15 is 0 Å². The Bertz CT molecular complexity index is 641. The van der Waals surface area contributed by atoms with Gasteiger partial charge in [-0.2, -0.15) is 5.26 Å². The third-order valence-corrected chi connectivity index (χ3v) is 3.21. The Hall–Kier alpha value is -2.40. The van der Waals surface area contributed by atoms with Gasteiger partial charge in [-0.15, -0.1) is 0 Å². The molecule has 2 aromatic heterocycles. The molecule has 17 heavy (non-hydrogen) atoms. The summed E-state index contributed by atoms with van der Waals surface area (Å²) in [6, 6.07) is 4.41. The van der Waals surface area contributed by atoms with Crippen LogP contribution in [-0.2, 0) is 10.0 Å². The van der Waals surface area contributed by atoms with Crippen LogP contribution in [0.2, 0.25) is 0 Å². The summed E-state index contributed by atoms with van der Waals surface area (Å²) in [5.41, 5.74) is 0.364. The van der Waals surface area contributed by atoms with Gasteiger partial charge in [0, 0.05) is 6.20 Å². The highest BCUT2D eigenvalue weighted by Gasteiger charge is 2.15. The lowest BCUT2D eigenvalue weighted by molar-refractivity contribution is 0.420. The van der Waals surface area contributed by atoms with Gasteiger partial charge in [-0.25, -0.2) is 13.4 Å². The van der Waals surface area contributed by atoms with Crippen LogP contribution in [0.25, 0.3) is 0 Å². The molecule has 0 aliphatic carbocycles. The van der Waals surface area contributed by atoms with Gasteiger partial charge in [0.25, 0.3) is 10.0 Å². The minimum absolute atomic E-state index is 0.0438. The summed E-state index contributed by atoms with van der Waals surface area (Å²) >= 11 is 0. The van der Waals surface area contributed by atoms with Crippen LogP contribution in [0.5, 0.6) is 0 Å². The van der Waals surface area contributed by atoms with E-state index in [4.69, 9.17) is 5.26 Å². The average Bonchev–Trinajstić information content (AvgIpc) is 2.81. The van der Waals surface area contributed by atoms with E-state index in [0.717, 1.165) is 12.5 Å². The Morgan fingerprint density at radius 3 is 2.71 bits per heavy atom. The summed E-state index contributed by atoms with van der Waals surface area (Å²) in [7, 11) is -3.73.